The fraction of sp³-hybridized carbons (Fsp3) is 0.727. The molecule has 2 atom stereocenters. The van der Waals surface area contributed by atoms with E-state index in [1.54, 1.807) is 0 Å². The molecule has 0 radical (unpaired) electrons. The van der Waals surface area contributed by atoms with Crippen LogP contribution in [0.5, 0.6) is 0 Å². The molecule has 20 heavy (non-hydrogen) atoms. The van der Waals surface area contributed by atoms with E-state index >= 15 is 0 Å². The van der Waals surface area contributed by atoms with E-state index in [2.05, 4.69) is 4.98 Å². The molecule has 3 nitrogen and oxygen atoms in total. The molecular weight excluding hydrogens is 506 g/mol. The molecule has 1 N–H and O–H groups in total. The van der Waals surface area contributed by atoms with Crippen molar-refractivity contribution in [3.05, 3.63) is 13.2 Å². The number of hydrogen-bond acceptors (Lipinski definition) is 2. The molecule has 4 rings (SSSR count). The Morgan fingerprint density at radius 3 is 2.35 bits per heavy atom. The van der Waals surface area contributed by atoms with Gasteiger partial charge in [-0.3, -0.25) is 0 Å². The Morgan fingerprint density at radius 1 is 1.30 bits per heavy atom. The van der Waals surface area contributed by atoms with Crippen LogP contribution < -0.4 is 0 Å². The third kappa shape index (κ3) is 2.09. The van der Waals surface area contributed by atoms with Crippen LogP contribution in [-0.4, -0.2) is 27.0 Å². The number of rotatable bonds is 2. The smallest absolute Gasteiger partial charge is 0.377 e. The molecule has 1 aromatic heterocycles. The maximum Gasteiger partial charge on any atom is 0.421 e. The molecule has 1 heterocycles. The summed E-state index contributed by atoms with van der Waals surface area (Å²) in [5, 5.41) is 9.52. The highest BCUT2D eigenvalue weighted by atomic mass is 127. The molecule has 9 heteroatoms. The Bertz CT molecular complexity index is 553. The standard InChI is InChI=1S/C11H10F4I2N2O/c12-5-3-10(1-4(5)2-10)19-8(17)7(16)18-9(19)6(20)11(13,14)15/h4-6,20H,1-3H2. The van der Waals surface area contributed by atoms with Crippen molar-refractivity contribution in [2.75, 3.05) is 0 Å². The number of aliphatic hydroxyl groups is 1. The maximum atomic E-state index is 13.7. The molecule has 112 valence electrons. The summed E-state index contributed by atoms with van der Waals surface area (Å²) in [6.45, 7) is 0. The molecule has 1 aromatic rings. The van der Waals surface area contributed by atoms with Crippen LogP contribution in [0.15, 0.2) is 0 Å². The highest BCUT2D eigenvalue weighted by Crippen LogP contribution is 2.59. The Hall–Kier alpha value is 0.350. The van der Waals surface area contributed by atoms with Crippen LogP contribution in [0.2, 0.25) is 0 Å². The molecular formula is C11H10F4I2N2O. The molecule has 2 bridgehead atoms. The van der Waals surface area contributed by atoms with Crippen LogP contribution in [0.25, 0.3) is 0 Å². The first-order chi connectivity index (χ1) is 9.16. The summed E-state index contributed by atoms with van der Waals surface area (Å²) in [5.74, 6) is -0.486. The van der Waals surface area contributed by atoms with Crippen LogP contribution in [0, 0.1) is 13.3 Å². The van der Waals surface area contributed by atoms with Crippen LogP contribution in [0.1, 0.15) is 31.2 Å². The number of hydrogen-bond donors (Lipinski definition) is 1. The van der Waals surface area contributed by atoms with Crippen molar-refractivity contribution in [3.8, 4) is 0 Å². The first-order valence-electron chi connectivity index (χ1n) is 5.99. The van der Waals surface area contributed by atoms with Gasteiger partial charge in [-0.25, -0.2) is 9.37 Å². The first kappa shape index (κ1) is 15.3. The van der Waals surface area contributed by atoms with E-state index in [0.29, 0.717) is 20.2 Å². The molecule has 3 saturated carbocycles. The second-order valence-electron chi connectivity index (χ2n) is 5.44. The van der Waals surface area contributed by atoms with Gasteiger partial charge in [-0.2, -0.15) is 13.2 Å². The van der Waals surface area contributed by atoms with Crippen molar-refractivity contribution >= 4 is 45.2 Å². The van der Waals surface area contributed by atoms with Crippen molar-refractivity contribution in [3.63, 3.8) is 0 Å². The van der Waals surface area contributed by atoms with Crippen LogP contribution >= 0.6 is 45.2 Å². The fourth-order valence-electron chi connectivity index (χ4n) is 3.31. The molecule has 0 saturated heterocycles. The molecule has 2 unspecified atom stereocenters. The largest absolute Gasteiger partial charge is 0.421 e. The molecule has 0 spiro atoms. The molecule has 3 fully saturated rings. The zero-order valence-corrected chi connectivity index (χ0v) is 14.3. The minimum Gasteiger partial charge on any atom is -0.377 e. The average molecular weight is 516 g/mol. The van der Waals surface area contributed by atoms with E-state index in [1.165, 1.54) is 4.57 Å². The summed E-state index contributed by atoms with van der Waals surface area (Å²) < 4.78 is 54.4. The molecule has 0 amide bonds. The SMILES string of the molecule is OC(c1nc(I)c(I)n1C12CC(F)C(C1)C2)C(F)(F)F. The average Bonchev–Trinajstić information content (AvgIpc) is 2.86. The van der Waals surface area contributed by atoms with Gasteiger partial charge in [0, 0.05) is 6.42 Å². The summed E-state index contributed by atoms with van der Waals surface area (Å²) in [4.78, 5) is 3.87. The Balaban J connectivity index is 2.07. The topological polar surface area (TPSA) is 38.1 Å². The minimum atomic E-state index is -4.78. The van der Waals surface area contributed by atoms with E-state index in [1.807, 2.05) is 45.2 Å². The Morgan fingerprint density at radius 2 is 1.90 bits per heavy atom. The van der Waals surface area contributed by atoms with Gasteiger partial charge < -0.3 is 9.67 Å². The molecule has 0 aromatic carbocycles. The lowest BCUT2D eigenvalue weighted by atomic mass is 9.76. The Kier molecular flexibility index (Phi) is 3.56. The van der Waals surface area contributed by atoms with Gasteiger partial charge in [0.25, 0.3) is 0 Å². The van der Waals surface area contributed by atoms with Crippen LogP contribution in [0.3, 0.4) is 0 Å². The van der Waals surface area contributed by atoms with Crippen molar-refractivity contribution in [1.82, 2.24) is 9.55 Å². The zero-order chi connectivity index (χ0) is 14.9. The van der Waals surface area contributed by atoms with Crippen molar-refractivity contribution in [2.24, 2.45) is 5.92 Å². The van der Waals surface area contributed by atoms with Gasteiger partial charge in [-0.1, -0.05) is 0 Å². The van der Waals surface area contributed by atoms with Crippen molar-refractivity contribution in [2.45, 2.75) is 43.3 Å². The van der Waals surface area contributed by atoms with E-state index in [-0.39, 0.29) is 12.3 Å². The van der Waals surface area contributed by atoms with E-state index < -0.39 is 29.8 Å². The van der Waals surface area contributed by atoms with E-state index in [4.69, 9.17) is 0 Å². The number of nitrogens with zero attached hydrogens (tertiary/aromatic N) is 2. The second kappa shape index (κ2) is 4.67. The summed E-state index contributed by atoms with van der Waals surface area (Å²) in [5.41, 5.74) is -0.640. The van der Waals surface area contributed by atoms with Gasteiger partial charge in [-0.15, -0.1) is 0 Å². The van der Waals surface area contributed by atoms with Crippen molar-refractivity contribution in [1.29, 1.82) is 0 Å². The van der Waals surface area contributed by atoms with Crippen LogP contribution in [-0.2, 0) is 5.54 Å². The van der Waals surface area contributed by atoms with Gasteiger partial charge >= 0.3 is 6.18 Å². The maximum absolute atomic E-state index is 13.7. The zero-order valence-electron chi connectivity index (χ0n) is 9.96. The lowest BCUT2D eigenvalue weighted by Gasteiger charge is -2.41. The van der Waals surface area contributed by atoms with E-state index in [0.717, 1.165) is 0 Å². The van der Waals surface area contributed by atoms with Gasteiger partial charge in [0.2, 0.25) is 6.10 Å². The number of aliphatic hydroxyl groups excluding tert-OH is 1. The highest BCUT2D eigenvalue weighted by Gasteiger charge is 2.60. The monoisotopic (exact) mass is 516 g/mol. The number of halogens is 6. The van der Waals surface area contributed by atoms with Gasteiger partial charge in [0.1, 0.15) is 19.4 Å². The van der Waals surface area contributed by atoms with Crippen molar-refractivity contribution < 1.29 is 22.7 Å². The lowest BCUT2D eigenvalue weighted by molar-refractivity contribution is -0.210. The van der Waals surface area contributed by atoms with Gasteiger partial charge in [0.05, 0.1) is 5.54 Å². The predicted molar refractivity (Wildman–Crippen MR) is 78.9 cm³/mol. The Labute approximate surface area is 139 Å². The summed E-state index contributed by atoms with van der Waals surface area (Å²) >= 11 is 3.75. The second-order valence-corrected chi connectivity index (χ2v) is 7.49. The quantitative estimate of drug-likeness (QED) is 0.483. The van der Waals surface area contributed by atoms with Gasteiger partial charge in [0.15, 0.2) is 0 Å². The highest BCUT2D eigenvalue weighted by molar-refractivity contribution is 14.1. The van der Waals surface area contributed by atoms with Gasteiger partial charge in [-0.05, 0) is 63.9 Å². The summed E-state index contributed by atoms with van der Waals surface area (Å²) in [6, 6.07) is 0. The third-order valence-electron chi connectivity index (χ3n) is 4.21. The summed E-state index contributed by atoms with van der Waals surface area (Å²) in [6.07, 6.45) is -7.13. The number of aromatic nitrogens is 2. The predicted octanol–water partition coefficient (Wildman–Crippen LogP) is 3.54. The van der Waals surface area contributed by atoms with Crippen LogP contribution in [0.4, 0.5) is 17.6 Å². The lowest BCUT2D eigenvalue weighted by Crippen LogP contribution is -2.42. The number of imidazole rings is 1. The fourth-order valence-corrected chi connectivity index (χ4v) is 4.68. The normalized spacial score (nSPS) is 34.1. The number of fused-ring (bicyclic) bond motifs is 1. The molecule has 0 aliphatic heterocycles. The molecule has 3 aliphatic rings. The summed E-state index contributed by atoms with van der Waals surface area (Å²) in [7, 11) is 0. The minimum absolute atomic E-state index is 0.0678. The third-order valence-corrected chi connectivity index (χ3v) is 6.99. The first-order valence-corrected chi connectivity index (χ1v) is 8.14. The van der Waals surface area contributed by atoms with E-state index in [9.17, 15) is 22.7 Å². The molecule has 3 aliphatic carbocycles. The number of alkyl halides is 4.